The van der Waals surface area contributed by atoms with Crippen LogP contribution in [0.1, 0.15) is 10.4 Å². The van der Waals surface area contributed by atoms with E-state index in [9.17, 15) is 15.0 Å². The van der Waals surface area contributed by atoms with Gasteiger partial charge in [-0.1, -0.05) is 30.3 Å². The van der Waals surface area contributed by atoms with Crippen LogP contribution in [0.15, 0.2) is 48.5 Å². The van der Waals surface area contributed by atoms with Gasteiger partial charge in [0, 0.05) is 17.0 Å². The van der Waals surface area contributed by atoms with E-state index in [1.165, 1.54) is 7.11 Å². The van der Waals surface area contributed by atoms with Crippen LogP contribution in [0.2, 0.25) is 0 Å². The number of ether oxygens (including phenoxy) is 1. The Balaban J connectivity index is 2.38. The molecule has 0 spiro atoms. The van der Waals surface area contributed by atoms with E-state index in [4.69, 9.17) is 4.74 Å². The van der Waals surface area contributed by atoms with Gasteiger partial charge in [-0.2, -0.15) is 0 Å². The van der Waals surface area contributed by atoms with E-state index in [2.05, 4.69) is 4.98 Å². The maximum absolute atomic E-state index is 11.6. The second kappa shape index (κ2) is 5.37. The molecule has 0 saturated heterocycles. The summed E-state index contributed by atoms with van der Waals surface area (Å²) in [4.78, 5) is 16.0. The third-order valence-electron chi connectivity index (χ3n) is 3.43. The first-order valence-electron chi connectivity index (χ1n) is 6.61. The summed E-state index contributed by atoms with van der Waals surface area (Å²) in [5, 5.41) is 20.2. The number of methoxy groups -OCH3 is 1. The Labute approximate surface area is 126 Å². The van der Waals surface area contributed by atoms with Crippen LogP contribution < -0.4 is 4.74 Å². The highest BCUT2D eigenvalue weighted by molar-refractivity contribution is 6.07. The number of hydrogen-bond acceptors (Lipinski definition) is 4. The minimum Gasteiger partial charge on any atom is -0.505 e. The molecule has 0 radical (unpaired) electrons. The zero-order valence-electron chi connectivity index (χ0n) is 11.8. The van der Waals surface area contributed by atoms with Crippen molar-refractivity contribution in [1.29, 1.82) is 0 Å². The molecule has 3 aromatic rings. The van der Waals surface area contributed by atoms with Crippen molar-refractivity contribution in [3.8, 4) is 22.8 Å². The summed E-state index contributed by atoms with van der Waals surface area (Å²) in [7, 11) is 1.53. The van der Waals surface area contributed by atoms with Crippen molar-refractivity contribution in [3.63, 3.8) is 0 Å². The molecular weight excluding hydrogens is 282 g/mol. The number of aromatic carboxylic acids is 1. The lowest BCUT2D eigenvalue weighted by Crippen LogP contribution is -2.02. The number of rotatable bonds is 3. The van der Waals surface area contributed by atoms with Gasteiger partial charge in [0.1, 0.15) is 17.0 Å². The lowest BCUT2D eigenvalue weighted by Gasteiger charge is -2.11. The maximum Gasteiger partial charge on any atom is 0.340 e. The third-order valence-corrected chi connectivity index (χ3v) is 3.43. The SMILES string of the molecule is COc1ccc2c(C(=O)O)c(O)c(-c3ccccc3)nc2c1. The van der Waals surface area contributed by atoms with Crippen LogP contribution in [-0.2, 0) is 0 Å². The number of nitrogens with zero attached hydrogens (tertiary/aromatic N) is 1. The van der Waals surface area contributed by atoms with Gasteiger partial charge < -0.3 is 14.9 Å². The Morgan fingerprint density at radius 1 is 1.14 bits per heavy atom. The summed E-state index contributed by atoms with van der Waals surface area (Å²) < 4.78 is 5.15. The van der Waals surface area contributed by atoms with Crippen LogP contribution in [0.5, 0.6) is 11.5 Å². The van der Waals surface area contributed by atoms with Crippen LogP contribution in [0, 0.1) is 0 Å². The number of aromatic hydroxyl groups is 1. The molecule has 0 bridgehead atoms. The predicted molar refractivity (Wildman–Crippen MR) is 82.4 cm³/mol. The fourth-order valence-electron chi connectivity index (χ4n) is 2.38. The number of pyridine rings is 1. The van der Waals surface area contributed by atoms with Crippen LogP contribution in [0.3, 0.4) is 0 Å². The summed E-state index contributed by atoms with van der Waals surface area (Å²) in [6.45, 7) is 0. The third kappa shape index (κ3) is 2.22. The second-order valence-electron chi connectivity index (χ2n) is 4.74. The molecule has 2 N–H and O–H groups in total. The predicted octanol–water partition coefficient (Wildman–Crippen LogP) is 3.31. The molecule has 110 valence electrons. The molecule has 0 atom stereocenters. The largest absolute Gasteiger partial charge is 0.505 e. The van der Waals surface area contributed by atoms with Crippen molar-refractivity contribution in [2.45, 2.75) is 0 Å². The topological polar surface area (TPSA) is 79.7 Å². The smallest absolute Gasteiger partial charge is 0.340 e. The van der Waals surface area contributed by atoms with E-state index in [0.29, 0.717) is 22.2 Å². The van der Waals surface area contributed by atoms with Gasteiger partial charge >= 0.3 is 5.97 Å². The fraction of sp³-hybridized carbons (Fsp3) is 0.0588. The first kappa shape index (κ1) is 13.9. The molecule has 0 aliphatic heterocycles. The Morgan fingerprint density at radius 3 is 2.50 bits per heavy atom. The van der Waals surface area contributed by atoms with Crippen LogP contribution >= 0.6 is 0 Å². The highest BCUT2D eigenvalue weighted by Crippen LogP contribution is 2.36. The van der Waals surface area contributed by atoms with Crippen LogP contribution in [-0.4, -0.2) is 28.3 Å². The number of carboxylic acids is 1. The first-order valence-corrected chi connectivity index (χ1v) is 6.61. The van der Waals surface area contributed by atoms with Gasteiger partial charge in [0.2, 0.25) is 0 Å². The summed E-state index contributed by atoms with van der Waals surface area (Å²) in [5.41, 5.74) is 1.17. The van der Waals surface area contributed by atoms with Gasteiger partial charge in [0.25, 0.3) is 0 Å². The molecule has 0 amide bonds. The Bertz CT molecular complexity index is 859. The summed E-state index contributed by atoms with van der Waals surface area (Å²) >= 11 is 0. The number of fused-ring (bicyclic) bond motifs is 1. The molecule has 0 fully saturated rings. The highest BCUT2D eigenvalue weighted by Gasteiger charge is 2.21. The van der Waals surface area contributed by atoms with E-state index in [-0.39, 0.29) is 17.0 Å². The average Bonchev–Trinajstić information content (AvgIpc) is 2.54. The molecule has 0 aliphatic rings. The van der Waals surface area contributed by atoms with Gasteiger partial charge in [-0.05, 0) is 12.1 Å². The standard InChI is InChI=1S/C17H13NO4/c1-22-11-7-8-12-13(9-11)18-15(10-5-3-2-4-6-10)16(19)14(12)17(20)21/h2-9,19H,1H3,(H,20,21). The fourth-order valence-corrected chi connectivity index (χ4v) is 2.38. The molecule has 1 heterocycles. The quantitative estimate of drug-likeness (QED) is 0.775. The Hall–Kier alpha value is -3.08. The zero-order chi connectivity index (χ0) is 15.7. The lowest BCUT2D eigenvalue weighted by atomic mass is 10.0. The van der Waals surface area contributed by atoms with Crippen molar-refractivity contribution in [1.82, 2.24) is 4.98 Å². The first-order chi connectivity index (χ1) is 10.6. The lowest BCUT2D eigenvalue weighted by molar-refractivity contribution is 0.0696. The number of benzene rings is 2. The van der Waals surface area contributed by atoms with E-state index in [1.54, 1.807) is 42.5 Å². The van der Waals surface area contributed by atoms with E-state index in [0.717, 1.165) is 0 Å². The monoisotopic (exact) mass is 295 g/mol. The van der Waals surface area contributed by atoms with Crippen molar-refractivity contribution in [2.75, 3.05) is 7.11 Å². The van der Waals surface area contributed by atoms with E-state index >= 15 is 0 Å². The summed E-state index contributed by atoms with van der Waals surface area (Å²) in [5.74, 6) is -0.968. The number of aromatic nitrogens is 1. The van der Waals surface area contributed by atoms with Crippen LogP contribution in [0.25, 0.3) is 22.2 Å². The zero-order valence-corrected chi connectivity index (χ0v) is 11.8. The van der Waals surface area contributed by atoms with E-state index in [1.807, 2.05) is 6.07 Å². The highest BCUT2D eigenvalue weighted by atomic mass is 16.5. The van der Waals surface area contributed by atoms with Crippen molar-refractivity contribution < 1.29 is 19.7 Å². The number of carboxylic acid groups (broad SMARTS) is 1. The van der Waals surface area contributed by atoms with Gasteiger partial charge in [-0.3, -0.25) is 0 Å². The van der Waals surface area contributed by atoms with Crippen molar-refractivity contribution in [3.05, 3.63) is 54.1 Å². The molecule has 5 nitrogen and oxygen atoms in total. The minimum atomic E-state index is -1.20. The maximum atomic E-state index is 11.6. The Kier molecular flexibility index (Phi) is 3.39. The second-order valence-corrected chi connectivity index (χ2v) is 4.74. The minimum absolute atomic E-state index is 0.161. The normalized spacial score (nSPS) is 10.6. The van der Waals surface area contributed by atoms with Gasteiger partial charge in [0.15, 0.2) is 5.75 Å². The molecule has 5 heteroatoms. The molecule has 3 rings (SSSR count). The summed E-state index contributed by atoms with van der Waals surface area (Å²) in [6, 6.07) is 13.8. The van der Waals surface area contributed by atoms with E-state index < -0.39 is 5.97 Å². The van der Waals surface area contributed by atoms with Gasteiger partial charge in [0.05, 0.1) is 12.6 Å². The molecule has 0 aliphatic carbocycles. The summed E-state index contributed by atoms with van der Waals surface area (Å²) in [6.07, 6.45) is 0. The van der Waals surface area contributed by atoms with Crippen molar-refractivity contribution >= 4 is 16.9 Å². The number of hydrogen-bond donors (Lipinski definition) is 2. The van der Waals surface area contributed by atoms with Gasteiger partial charge in [-0.15, -0.1) is 0 Å². The molecule has 22 heavy (non-hydrogen) atoms. The molecule has 0 saturated carbocycles. The average molecular weight is 295 g/mol. The van der Waals surface area contributed by atoms with Crippen LogP contribution in [0.4, 0.5) is 0 Å². The molecular formula is C17H13NO4. The van der Waals surface area contributed by atoms with Crippen molar-refractivity contribution in [2.24, 2.45) is 0 Å². The van der Waals surface area contributed by atoms with Gasteiger partial charge in [-0.25, -0.2) is 9.78 Å². The number of carbonyl (C=O) groups is 1. The Morgan fingerprint density at radius 2 is 1.86 bits per heavy atom. The molecule has 1 aromatic heterocycles. The molecule has 2 aromatic carbocycles. The molecule has 0 unspecified atom stereocenters.